The molecule has 1 aromatic carbocycles. The van der Waals surface area contributed by atoms with E-state index in [0.29, 0.717) is 27.4 Å². The molecule has 6 nitrogen and oxygen atoms in total. The molecule has 1 N–H and O–H groups in total. The van der Waals surface area contributed by atoms with Crippen molar-refractivity contribution in [2.45, 2.75) is 55.8 Å². The zero-order chi connectivity index (χ0) is 24.0. The summed E-state index contributed by atoms with van der Waals surface area (Å²) in [7, 11) is -4.44. The van der Waals surface area contributed by atoms with Crippen LogP contribution in [0.2, 0.25) is 5.02 Å². The smallest absolute Gasteiger partial charge is 0.335 e. The highest BCUT2D eigenvalue weighted by Gasteiger charge is 2.39. The normalized spacial score (nSPS) is 16.2. The summed E-state index contributed by atoms with van der Waals surface area (Å²) >= 11 is 6.23. The molecule has 0 unspecified atom stereocenters. The average Bonchev–Trinajstić information content (AvgIpc) is 3.38. The van der Waals surface area contributed by atoms with Gasteiger partial charge in [0.2, 0.25) is 10.0 Å². The Morgan fingerprint density at radius 2 is 1.94 bits per heavy atom. The number of benzene rings is 1. The Labute approximate surface area is 194 Å². The molecule has 1 aliphatic rings. The third-order valence-corrected chi connectivity index (χ3v) is 7.64. The SMILES string of the molecule is C[C@H](NS(=O)(=O)c1ccc(-c2c(C#N)c3ccc(Cl)cc3n2C2CCCC2)nc1)C(F)(F)F. The van der Waals surface area contributed by atoms with Gasteiger partial charge >= 0.3 is 6.18 Å². The number of pyridine rings is 1. The van der Waals surface area contributed by atoms with E-state index in [0.717, 1.165) is 44.3 Å². The number of hydrogen-bond acceptors (Lipinski definition) is 4. The van der Waals surface area contributed by atoms with Crippen molar-refractivity contribution >= 4 is 32.5 Å². The summed E-state index contributed by atoms with van der Waals surface area (Å²) in [6.45, 7) is 0.726. The molecule has 0 amide bonds. The van der Waals surface area contributed by atoms with E-state index in [4.69, 9.17) is 11.6 Å². The lowest BCUT2D eigenvalue weighted by molar-refractivity contribution is -0.147. The zero-order valence-electron chi connectivity index (χ0n) is 17.5. The summed E-state index contributed by atoms with van der Waals surface area (Å²) in [6.07, 6.45) is 0.205. The maximum Gasteiger partial charge on any atom is 0.404 e. The predicted octanol–water partition coefficient (Wildman–Crippen LogP) is 5.57. The predicted molar refractivity (Wildman–Crippen MR) is 118 cm³/mol. The number of nitrogens with zero attached hydrogens (tertiary/aromatic N) is 3. The first-order valence-electron chi connectivity index (χ1n) is 10.3. The quantitative estimate of drug-likeness (QED) is 0.500. The van der Waals surface area contributed by atoms with Gasteiger partial charge in [-0.2, -0.15) is 23.2 Å². The van der Waals surface area contributed by atoms with Crippen LogP contribution in [0.15, 0.2) is 41.4 Å². The molecule has 0 aliphatic heterocycles. The topological polar surface area (TPSA) is 87.8 Å². The number of aromatic nitrogens is 2. The number of nitriles is 1. The molecule has 0 bridgehead atoms. The van der Waals surface area contributed by atoms with Gasteiger partial charge in [0.05, 0.1) is 22.5 Å². The molecule has 2 aromatic heterocycles. The Kier molecular flexibility index (Phi) is 6.16. The van der Waals surface area contributed by atoms with Crippen molar-refractivity contribution in [2.24, 2.45) is 0 Å². The summed E-state index contributed by atoms with van der Waals surface area (Å²) in [5.41, 5.74) is 2.08. The van der Waals surface area contributed by atoms with Gasteiger partial charge < -0.3 is 4.57 Å². The molecule has 2 heterocycles. The minimum absolute atomic E-state index is 0.127. The minimum Gasteiger partial charge on any atom is -0.335 e. The first-order valence-corrected chi connectivity index (χ1v) is 12.2. The van der Waals surface area contributed by atoms with Gasteiger partial charge in [0.25, 0.3) is 0 Å². The van der Waals surface area contributed by atoms with Crippen molar-refractivity contribution in [3.63, 3.8) is 0 Å². The van der Waals surface area contributed by atoms with Crippen LogP contribution in [0.3, 0.4) is 0 Å². The molecule has 0 saturated heterocycles. The first-order chi connectivity index (χ1) is 15.5. The molecular formula is C22H20ClF3N4O2S. The van der Waals surface area contributed by atoms with Gasteiger partial charge in [0, 0.05) is 22.6 Å². The molecule has 0 spiro atoms. The number of alkyl halides is 3. The monoisotopic (exact) mass is 496 g/mol. The number of rotatable bonds is 5. The fourth-order valence-corrected chi connectivity index (χ4v) is 5.58. The maximum atomic E-state index is 12.8. The van der Waals surface area contributed by atoms with Gasteiger partial charge in [0.1, 0.15) is 17.0 Å². The van der Waals surface area contributed by atoms with E-state index in [1.807, 2.05) is 4.57 Å². The van der Waals surface area contributed by atoms with Crippen LogP contribution < -0.4 is 4.72 Å². The second kappa shape index (κ2) is 8.63. The highest BCUT2D eigenvalue weighted by Crippen LogP contribution is 2.41. The van der Waals surface area contributed by atoms with Crippen molar-refractivity contribution in [3.05, 3.63) is 47.1 Å². The van der Waals surface area contributed by atoms with Crippen molar-refractivity contribution < 1.29 is 21.6 Å². The van der Waals surface area contributed by atoms with Crippen molar-refractivity contribution in [1.82, 2.24) is 14.3 Å². The van der Waals surface area contributed by atoms with Gasteiger partial charge in [-0.25, -0.2) is 8.42 Å². The summed E-state index contributed by atoms with van der Waals surface area (Å²) < 4.78 is 66.8. The summed E-state index contributed by atoms with van der Waals surface area (Å²) in [5.74, 6) is 0. The van der Waals surface area contributed by atoms with Crippen LogP contribution >= 0.6 is 11.6 Å². The van der Waals surface area contributed by atoms with Crippen LogP contribution in [0, 0.1) is 11.3 Å². The van der Waals surface area contributed by atoms with Crippen LogP contribution in [0.4, 0.5) is 13.2 Å². The maximum absolute atomic E-state index is 12.8. The Bertz CT molecular complexity index is 1340. The highest BCUT2D eigenvalue weighted by molar-refractivity contribution is 7.89. The Morgan fingerprint density at radius 1 is 1.24 bits per heavy atom. The van der Waals surface area contributed by atoms with E-state index in [1.54, 1.807) is 22.9 Å². The molecule has 1 fully saturated rings. The molecule has 33 heavy (non-hydrogen) atoms. The van der Waals surface area contributed by atoms with E-state index >= 15 is 0 Å². The second-order valence-corrected chi connectivity index (χ2v) is 10.2. The fraction of sp³-hybridized carbons (Fsp3) is 0.364. The molecule has 0 radical (unpaired) electrons. The van der Waals surface area contributed by atoms with Crippen molar-refractivity contribution in [3.8, 4) is 17.5 Å². The van der Waals surface area contributed by atoms with Gasteiger partial charge in [-0.05, 0) is 50.1 Å². The standard InChI is InChI=1S/C22H20ClF3N4O2S/c1-13(22(24,25)26)29-33(31,32)16-7-9-19(28-12-16)21-18(11-27)17-8-6-14(23)10-20(17)30(21)15-4-2-3-5-15/h6-10,12-13,15,29H,2-5H2,1H3/t13-/m0/s1. The van der Waals surface area contributed by atoms with E-state index in [9.17, 15) is 26.9 Å². The number of nitrogens with one attached hydrogen (secondary N) is 1. The number of hydrogen-bond donors (Lipinski definition) is 1. The van der Waals surface area contributed by atoms with Gasteiger partial charge in [-0.3, -0.25) is 4.98 Å². The van der Waals surface area contributed by atoms with E-state index in [-0.39, 0.29) is 6.04 Å². The van der Waals surface area contributed by atoms with Gasteiger partial charge in [0.15, 0.2) is 0 Å². The highest BCUT2D eigenvalue weighted by atomic mass is 35.5. The molecule has 4 rings (SSSR count). The third-order valence-electron chi connectivity index (χ3n) is 5.88. The van der Waals surface area contributed by atoms with Crippen LogP contribution in [0.1, 0.15) is 44.2 Å². The van der Waals surface area contributed by atoms with Gasteiger partial charge in [-0.15, -0.1) is 0 Å². The zero-order valence-corrected chi connectivity index (χ0v) is 19.1. The lowest BCUT2D eigenvalue weighted by Gasteiger charge is -2.19. The Balaban J connectivity index is 1.81. The first kappa shape index (κ1) is 23.5. The summed E-state index contributed by atoms with van der Waals surface area (Å²) in [5, 5.41) is 11.2. The summed E-state index contributed by atoms with van der Waals surface area (Å²) in [4.78, 5) is 3.84. The number of halogens is 4. The number of sulfonamides is 1. The van der Waals surface area contributed by atoms with Crippen LogP contribution in [-0.2, 0) is 10.0 Å². The molecule has 11 heteroatoms. The van der Waals surface area contributed by atoms with E-state index < -0.39 is 27.1 Å². The molecule has 1 saturated carbocycles. The lowest BCUT2D eigenvalue weighted by atomic mass is 10.1. The van der Waals surface area contributed by atoms with Crippen molar-refractivity contribution in [1.29, 1.82) is 5.26 Å². The Morgan fingerprint density at radius 3 is 2.52 bits per heavy atom. The van der Waals surface area contributed by atoms with Crippen molar-refractivity contribution in [2.75, 3.05) is 0 Å². The molecule has 174 valence electrons. The molecule has 3 aromatic rings. The van der Waals surface area contributed by atoms with Crippen LogP contribution in [0.5, 0.6) is 0 Å². The molecular weight excluding hydrogens is 477 g/mol. The largest absolute Gasteiger partial charge is 0.404 e. The second-order valence-electron chi connectivity index (χ2n) is 8.07. The third kappa shape index (κ3) is 4.45. The fourth-order valence-electron chi connectivity index (χ4n) is 4.24. The lowest BCUT2D eigenvalue weighted by Crippen LogP contribution is -2.42. The van der Waals surface area contributed by atoms with E-state index in [1.165, 1.54) is 12.1 Å². The average molecular weight is 497 g/mol. The van der Waals surface area contributed by atoms with Crippen LogP contribution in [-0.4, -0.2) is 30.2 Å². The molecule has 1 aliphatic carbocycles. The summed E-state index contributed by atoms with van der Waals surface area (Å²) in [6, 6.07) is 7.97. The van der Waals surface area contributed by atoms with Gasteiger partial charge in [-0.1, -0.05) is 24.4 Å². The Hall–Kier alpha value is -2.61. The van der Waals surface area contributed by atoms with Crippen LogP contribution in [0.25, 0.3) is 22.3 Å². The van der Waals surface area contributed by atoms with E-state index in [2.05, 4.69) is 11.1 Å². The number of fused-ring (bicyclic) bond motifs is 1. The minimum atomic E-state index is -4.72. The molecule has 1 atom stereocenters.